The van der Waals surface area contributed by atoms with Crippen LogP contribution in [0.4, 0.5) is 4.39 Å². The van der Waals surface area contributed by atoms with E-state index in [-0.39, 0.29) is 23.8 Å². The average molecular weight is 413 g/mol. The molecule has 160 valence electrons. The predicted molar refractivity (Wildman–Crippen MR) is 113 cm³/mol. The average Bonchev–Trinajstić information content (AvgIpc) is 3.27. The second-order valence-corrected chi connectivity index (χ2v) is 7.94. The second-order valence-electron chi connectivity index (χ2n) is 7.94. The van der Waals surface area contributed by atoms with Gasteiger partial charge in [-0.25, -0.2) is 4.39 Å². The lowest BCUT2D eigenvalue weighted by atomic mass is 10.0. The van der Waals surface area contributed by atoms with Crippen LogP contribution in [0.3, 0.4) is 0 Å². The minimum atomic E-state index is -0.246. The predicted octanol–water partition coefficient (Wildman–Crippen LogP) is 4.34. The van der Waals surface area contributed by atoms with E-state index in [1.807, 2.05) is 23.1 Å². The van der Waals surface area contributed by atoms with Gasteiger partial charge in [-0.15, -0.1) is 0 Å². The summed E-state index contributed by atoms with van der Waals surface area (Å²) in [7, 11) is 0. The number of nitrogens with zero attached hydrogens (tertiary/aromatic N) is 2. The molecule has 0 aliphatic carbocycles. The van der Waals surface area contributed by atoms with Crippen LogP contribution in [0.15, 0.2) is 42.5 Å². The molecule has 2 aliphatic rings. The van der Waals surface area contributed by atoms with Gasteiger partial charge in [-0.2, -0.15) is 0 Å². The largest absolute Gasteiger partial charge is 0.486 e. The van der Waals surface area contributed by atoms with E-state index in [4.69, 9.17) is 9.47 Å². The number of likely N-dealkylation sites (tertiary alicyclic amines) is 1. The smallest absolute Gasteiger partial charge is 0.237 e. The zero-order chi connectivity index (χ0) is 21.1. The molecule has 1 amide bonds. The van der Waals surface area contributed by atoms with E-state index >= 15 is 0 Å². The molecule has 2 aromatic carbocycles. The lowest BCUT2D eigenvalue weighted by Crippen LogP contribution is -2.41. The number of hydrogen-bond donors (Lipinski definition) is 0. The van der Waals surface area contributed by atoms with E-state index in [1.165, 1.54) is 12.1 Å². The Kier molecular flexibility index (Phi) is 6.23. The zero-order valence-electron chi connectivity index (χ0n) is 17.6. The maximum Gasteiger partial charge on any atom is 0.237 e. The Morgan fingerprint density at radius 3 is 2.63 bits per heavy atom. The van der Waals surface area contributed by atoms with Crippen molar-refractivity contribution in [3.63, 3.8) is 0 Å². The third kappa shape index (κ3) is 4.29. The molecule has 0 bridgehead atoms. The molecule has 2 heterocycles. The number of halogens is 1. The van der Waals surface area contributed by atoms with Crippen molar-refractivity contribution in [2.75, 3.05) is 32.8 Å². The van der Waals surface area contributed by atoms with E-state index in [9.17, 15) is 9.18 Å². The monoisotopic (exact) mass is 412 g/mol. The van der Waals surface area contributed by atoms with Gasteiger partial charge in [-0.05, 0) is 61.7 Å². The summed E-state index contributed by atoms with van der Waals surface area (Å²) in [5.41, 5.74) is 2.11. The van der Waals surface area contributed by atoms with Gasteiger partial charge in [-0.1, -0.05) is 25.1 Å². The van der Waals surface area contributed by atoms with E-state index in [0.29, 0.717) is 19.8 Å². The highest BCUT2D eigenvalue weighted by Gasteiger charge is 2.32. The molecular weight excluding hydrogens is 383 g/mol. The van der Waals surface area contributed by atoms with Gasteiger partial charge in [0, 0.05) is 12.6 Å². The fourth-order valence-electron chi connectivity index (χ4n) is 4.42. The van der Waals surface area contributed by atoms with Crippen molar-refractivity contribution in [2.45, 2.75) is 38.8 Å². The summed E-state index contributed by atoms with van der Waals surface area (Å²) in [5, 5.41) is 0. The van der Waals surface area contributed by atoms with E-state index in [1.54, 1.807) is 12.1 Å². The van der Waals surface area contributed by atoms with Crippen LogP contribution in [-0.4, -0.2) is 48.6 Å². The molecule has 2 unspecified atom stereocenters. The maximum atomic E-state index is 13.3. The first kappa shape index (κ1) is 20.7. The van der Waals surface area contributed by atoms with Crippen molar-refractivity contribution in [1.82, 2.24) is 9.80 Å². The molecule has 6 heteroatoms. The summed E-state index contributed by atoms with van der Waals surface area (Å²) in [6.07, 6.45) is 1.94. The van der Waals surface area contributed by atoms with Crippen molar-refractivity contribution in [2.24, 2.45) is 0 Å². The molecule has 4 rings (SSSR count). The molecule has 2 aliphatic heterocycles. The normalized spacial score (nSPS) is 19.2. The summed E-state index contributed by atoms with van der Waals surface area (Å²) >= 11 is 0. The number of likely N-dealkylation sites (N-methyl/N-ethyl adjacent to an activating group) is 1. The van der Waals surface area contributed by atoms with Gasteiger partial charge in [-0.3, -0.25) is 9.69 Å². The summed E-state index contributed by atoms with van der Waals surface area (Å²) in [5.74, 6) is 1.41. The van der Waals surface area contributed by atoms with Crippen molar-refractivity contribution >= 4 is 5.91 Å². The topological polar surface area (TPSA) is 42.0 Å². The highest BCUT2D eigenvalue weighted by atomic mass is 19.1. The van der Waals surface area contributed by atoms with Crippen LogP contribution in [0.25, 0.3) is 0 Å². The van der Waals surface area contributed by atoms with Crippen LogP contribution in [-0.2, 0) is 4.79 Å². The van der Waals surface area contributed by atoms with Crippen LogP contribution in [0, 0.1) is 5.82 Å². The minimum absolute atomic E-state index is 0.0369. The van der Waals surface area contributed by atoms with E-state index < -0.39 is 0 Å². The van der Waals surface area contributed by atoms with Gasteiger partial charge in [0.15, 0.2) is 11.5 Å². The molecule has 2 atom stereocenters. The number of carbonyl (C=O) groups is 1. The van der Waals surface area contributed by atoms with Crippen molar-refractivity contribution in [3.8, 4) is 11.5 Å². The van der Waals surface area contributed by atoms with Gasteiger partial charge in [0.25, 0.3) is 0 Å². The fourth-order valence-corrected chi connectivity index (χ4v) is 4.42. The zero-order valence-corrected chi connectivity index (χ0v) is 17.6. The van der Waals surface area contributed by atoms with Crippen LogP contribution in [0.5, 0.6) is 11.5 Å². The molecule has 0 saturated carbocycles. The second kappa shape index (κ2) is 9.04. The lowest BCUT2D eigenvalue weighted by Gasteiger charge is -2.32. The van der Waals surface area contributed by atoms with Gasteiger partial charge in [0.2, 0.25) is 5.91 Å². The Morgan fingerprint density at radius 2 is 1.90 bits per heavy atom. The molecule has 5 nitrogen and oxygen atoms in total. The number of amides is 1. The standard InChI is InChI=1S/C24H29FN2O3/c1-3-26(17(2)18-6-9-20(25)10-7-18)16-24(28)27-12-4-5-21(27)19-8-11-22-23(15-19)30-14-13-29-22/h6-11,15,17,21H,3-5,12-14,16H2,1-2H3. The van der Waals surface area contributed by atoms with Gasteiger partial charge in [0.1, 0.15) is 19.0 Å². The molecule has 30 heavy (non-hydrogen) atoms. The van der Waals surface area contributed by atoms with Crippen molar-refractivity contribution in [3.05, 3.63) is 59.4 Å². The number of rotatable bonds is 6. The first-order chi connectivity index (χ1) is 14.6. The number of fused-ring (bicyclic) bond motifs is 1. The Balaban J connectivity index is 1.47. The summed E-state index contributed by atoms with van der Waals surface area (Å²) in [4.78, 5) is 17.4. The first-order valence-corrected chi connectivity index (χ1v) is 10.8. The van der Waals surface area contributed by atoms with Crippen LogP contribution >= 0.6 is 0 Å². The number of hydrogen-bond acceptors (Lipinski definition) is 4. The number of benzene rings is 2. The Morgan fingerprint density at radius 1 is 1.17 bits per heavy atom. The van der Waals surface area contributed by atoms with Gasteiger partial charge < -0.3 is 14.4 Å². The fraction of sp³-hybridized carbons (Fsp3) is 0.458. The molecule has 1 saturated heterocycles. The SMILES string of the molecule is CCN(CC(=O)N1CCCC1c1ccc2c(c1)OCCO2)C(C)c1ccc(F)cc1. The minimum Gasteiger partial charge on any atom is -0.486 e. The third-order valence-corrected chi connectivity index (χ3v) is 6.17. The molecule has 2 aromatic rings. The molecule has 0 aromatic heterocycles. The summed E-state index contributed by atoms with van der Waals surface area (Å²) in [6.45, 7) is 7.08. The molecule has 0 radical (unpaired) electrons. The molecule has 1 fully saturated rings. The van der Waals surface area contributed by atoms with Gasteiger partial charge >= 0.3 is 0 Å². The Hall–Kier alpha value is -2.60. The summed E-state index contributed by atoms with van der Waals surface area (Å²) < 4.78 is 24.6. The van der Waals surface area contributed by atoms with Crippen LogP contribution in [0.2, 0.25) is 0 Å². The highest BCUT2D eigenvalue weighted by Crippen LogP contribution is 2.38. The maximum absolute atomic E-state index is 13.3. The number of carbonyl (C=O) groups excluding carboxylic acids is 1. The molecular formula is C24H29FN2O3. The third-order valence-electron chi connectivity index (χ3n) is 6.17. The van der Waals surface area contributed by atoms with Crippen LogP contribution in [0.1, 0.15) is 49.9 Å². The molecule has 0 spiro atoms. The number of ether oxygens (including phenoxy) is 2. The highest BCUT2D eigenvalue weighted by molar-refractivity contribution is 5.79. The van der Waals surface area contributed by atoms with Crippen molar-refractivity contribution < 1.29 is 18.7 Å². The lowest BCUT2D eigenvalue weighted by molar-refractivity contribution is -0.133. The quantitative estimate of drug-likeness (QED) is 0.708. The Labute approximate surface area is 177 Å². The first-order valence-electron chi connectivity index (χ1n) is 10.8. The van der Waals surface area contributed by atoms with Gasteiger partial charge in [0.05, 0.1) is 12.6 Å². The Bertz CT molecular complexity index is 887. The van der Waals surface area contributed by atoms with E-state index in [0.717, 1.165) is 48.6 Å². The van der Waals surface area contributed by atoms with E-state index in [2.05, 4.69) is 18.7 Å². The van der Waals surface area contributed by atoms with Crippen molar-refractivity contribution in [1.29, 1.82) is 0 Å². The van der Waals surface area contributed by atoms with Crippen LogP contribution < -0.4 is 9.47 Å². The molecule has 0 N–H and O–H groups in total. The summed E-state index contributed by atoms with van der Waals surface area (Å²) in [6, 6.07) is 12.6.